The summed E-state index contributed by atoms with van der Waals surface area (Å²) in [5.74, 6) is 0.544. The molecule has 1 aliphatic rings. The molecular weight excluding hydrogens is 248 g/mol. The quantitative estimate of drug-likeness (QED) is 0.799. The Morgan fingerprint density at radius 1 is 1.56 bits per heavy atom. The molecule has 0 saturated heterocycles. The second kappa shape index (κ2) is 5.10. The van der Waals surface area contributed by atoms with E-state index in [0.717, 1.165) is 0 Å². The molecule has 0 aromatic heterocycles. The first-order valence-corrected chi connectivity index (χ1v) is 7.09. The van der Waals surface area contributed by atoms with Crippen molar-refractivity contribution in [2.45, 2.75) is 17.6 Å². The highest BCUT2D eigenvalue weighted by atomic mass is 32.2. The number of carbonyl (C=O) groups is 1. The van der Waals surface area contributed by atoms with Gasteiger partial charge in [0.25, 0.3) is 5.91 Å². The van der Waals surface area contributed by atoms with Crippen molar-refractivity contribution in [3.8, 4) is 5.75 Å². The van der Waals surface area contributed by atoms with E-state index in [1.807, 2.05) is 11.8 Å². The van der Waals surface area contributed by atoms with Crippen molar-refractivity contribution in [1.29, 1.82) is 0 Å². The lowest BCUT2D eigenvalue weighted by Crippen LogP contribution is -2.32. The molecule has 98 valence electrons. The molecule has 1 aliphatic carbocycles. The third-order valence-electron chi connectivity index (χ3n) is 3.32. The third-order valence-corrected chi connectivity index (χ3v) is 4.73. The summed E-state index contributed by atoms with van der Waals surface area (Å²) < 4.78 is 5.32. The Morgan fingerprint density at radius 3 is 2.78 bits per heavy atom. The van der Waals surface area contributed by atoms with Gasteiger partial charge in [0.15, 0.2) is 0 Å². The van der Waals surface area contributed by atoms with Crippen LogP contribution in [0.15, 0.2) is 18.2 Å². The van der Waals surface area contributed by atoms with E-state index in [2.05, 4.69) is 11.6 Å². The van der Waals surface area contributed by atoms with Crippen molar-refractivity contribution in [3.05, 3.63) is 23.8 Å². The second-order valence-electron chi connectivity index (χ2n) is 4.52. The van der Waals surface area contributed by atoms with Crippen molar-refractivity contribution >= 4 is 23.4 Å². The monoisotopic (exact) mass is 266 g/mol. The van der Waals surface area contributed by atoms with Crippen LogP contribution in [0.3, 0.4) is 0 Å². The van der Waals surface area contributed by atoms with Crippen LogP contribution < -0.4 is 15.8 Å². The van der Waals surface area contributed by atoms with Crippen LogP contribution in [0.25, 0.3) is 0 Å². The first-order chi connectivity index (χ1) is 8.60. The molecule has 0 unspecified atom stereocenters. The van der Waals surface area contributed by atoms with E-state index in [1.165, 1.54) is 12.8 Å². The highest BCUT2D eigenvalue weighted by Gasteiger charge is 2.41. The number of ether oxygens (including phenoxy) is 1. The smallest absolute Gasteiger partial charge is 0.253 e. The van der Waals surface area contributed by atoms with Crippen molar-refractivity contribution in [2.24, 2.45) is 0 Å². The van der Waals surface area contributed by atoms with Gasteiger partial charge in [-0.3, -0.25) is 4.79 Å². The number of methoxy groups -OCH3 is 1. The number of rotatable bonds is 5. The Kier molecular flexibility index (Phi) is 3.71. The molecule has 4 nitrogen and oxygen atoms in total. The van der Waals surface area contributed by atoms with Gasteiger partial charge in [-0.1, -0.05) is 0 Å². The number of nitrogens with two attached hydrogens (primary N) is 1. The maximum atomic E-state index is 12.0. The van der Waals surface area contributed by atoms with Gasteiger partial charge in [0, 0.05) is 23.0 Å². The van der Waals surface area contributed by atoms with E-state index < -0.39 is 0 Å². The highest BCUT2D eigenvalue weighted by Crippen LogP contribution is 2.46. The zero-order valence-corrected chi connectivity index (χ0v) is 11.5. The molecule has 18 heavy (non-hydrogen) atoms. The average Bonchev–Trinajstić information content (AvgIpc) is 3.16. The topological polar surface area (TPSA) is 64.3 Å². The van der Waals surface area contributed by atoms with Crippen LogP contribution in [0.5, 0.6) is 5.75 Å². The summed E-state index contributed by atoms with van der Waals surface area (Å²) >= 11 is 1.82. The van der Waals surface area contributed by atoms with Crippen LogP contribution in [-0.4, -0.2) is 30.6 Å². The molecule has 1 aromatic carbocycles. The number of nitrogens with one attached hydrogen (secondary N) is 1. The van der Waals surface area contributed by atoms with Gasteiger partial charge in [-0.25, -0.2) is 0 Å². The molecule has 0 radical (unpaired) electrons. The van der Waals surface area contributed by atoms with Gasteiger partial charge in [0.05, 0.1) is 12.7 Å². The van der Waals surface area contributed by atoms with E-state index >= 15 is 0 Å². The zero-order valence-electron chi connectivity index (χ0n) is 10.7. The minimum Gasteiger partial charge on any atom is -0.497 e. The fraction of sp³-hybridized carbons (Fsp3) is 0.462. The van der Waals surface area contributed by atoms with Crippen LogP contribution in [0, 0.1) is 0 Å². The summed E-state index contributed by atoms with van der Waals surface area (Å²) in [5.41, 5.74) is 6.79. The van der Waals surface area contributed by atoms with Gasteiger partial charge in [-0.15, -0.1) is 0 Å². The minimum atomic E-state index is -0.115. The van der Waals surface area contributed by atoms with Crippen molar-refractivity contribution in [3.63, 3.8) is 0 Å². The summed E-state index contributed by atoms with van der Waals surface area (Å²) in [6.45, 7) is 0.707. The SMILES string of the molecule is COc1ccc(C(=O)NCC2(SC)CC2)c(N)c1. The average molecular weight is 266 g/mol. The molecule has 1 aromatic rings. The molecule has 0 spiro atoms. The largest absolute Gasteiger partial charge is 0.497 e. The summed E-state index contributed by atoms with van der Waals surface area (Å²) in [7, 11) is 1.57. The number of anilines is 1. The Hall–Kier alpha value is -1.36. The summed E-state index contributed by atoms with van der Waals surface area (Å²) in [6, 6.07) is 5.10. The second-order valence-corrected chi connectivity index (χ2v) is 5.80. The minimum absolute atomic E-state index is 0.115. The number of amides is 1. The molecule has 1 fully saturated rings. The molecule has 1 saturated carbocycles. The highest BCUT2D eigenvalue weighted by molar-refractivity contribution is 8.00. The maximum absolute atomic E-state index is 12.0. The van der Waals surface area contributed by atoms with Gasteiger partial charge >= 0.3 is 0 Å². The van der Waals surface area contributed by atoms with Crippen LogP contribution >= 0.6 is 11.8 Å². The Bertz CT molecular complexity index is 458. The zero-order chi connectivity index (χ0) is 13.2. The van der Waals surface area contributed by atoms with E-state index in [4.69, 9.17) is 10.5 Å². The predicted molar refractivity (Wildman–Crippen MR) is 75.2 cm³/mol. The lowest BCUT2D eigenvalue weighted by atomic mass is 10.1. The molecule has 0 aliphatic heterocycles. The molecule has 0 atom stereocenters. The summed E-state index contributed by atoms with van der Waals surface area (Å²) in [4.78, 5) is 12.0. The van der Waals surface area contributed by atoms with E-state index in [9.17, 15) is 4.79 Å². The predicted octanol–water partition coefficient (Wildman–Crippen LogP) is 1.90. The lowest BCUT2D eigenvalue weighted by molar-refractivity contribution is 0.0954. The van der Waals surface area contributed by atoms with Crippen LogP contribution in [0.2, 0.25) is 0 Å². The van der Waals surface area contributed by atoms with Crippen molar-refractivity contribution < 1.29 is 9.53 Å². The molecule has 3 N–H and O–H groups in total. The van der Waals surface area contributed by atoms with E-state index in [1.54, 1.807) is 25.3 Å². The Morgan fingerprint density at radius 2 is 2.28 bits per heavy atom. The van der Waals surface area contributed by atoms with Crippen molar-refractivity contribution in [2.75, 3.05) is 25.6 Å². The first-order valence-electron chi connectivity index (χ1n) is 5.87. The summed E-state index contributed by atoms with van der Waals surface area (Å²) in [6.07, 6.45) is 4.43. The van der Waals surface area contributed by atoms with Gasteiger partial charge in [-0.05, 0) is 31.2 Å². The van der Waals surface area contributed by atoms with Gasteiger partial charge in [0.1, 0.15) is 5.75 Å². The first kappa shape index (κ1) is 13.1. The Labute approximate surface area is 111 Å². The molecule has 5 heteroatoms. The Balaban J connectivity index is 2.00. The number of hydrogen-bond acceptors (Lipinski definition) is 4. The van der Waals surface area contributed by atoms with Crippen LogP contribution in [-0.2, 0) is 0 Å². The number of carbonyl (C=O) groups excluding carboxylic acids is 1. The van der Waals surface area contributed by atoms with E-state index in [-0.39, 0.29) is 10.7 Å². The number of thioether (sulfide) groups is 1. The van der Waals surface area contributed by atoms with Gasteiger partial charge in [-0.2, -0.15) is 11.8 Å². The number of nitrogen functional groups attached to an aromatic ring is 1. The normalized spacial score (nSPS) is 16.1. The molecule has 0 heterocycles. The third kappa shape index (κ3) is 2.72. The fourth-order valence-electron chi connectivity index (χ4n) is 1.80. The maximum Gasteiger partial charge on any atom is 0.253 e. The standard InChI is InChI=1S/C13H18N2O2S/c1-17-9-3-4-10(11(14)7-9)12(16)15-8-13(18-2)5-6-13/h3-4,7H,5-6,8,14H2,1-2H3,(H,15,16). The molecule has 1 amide bonds. The molecule has 2 rings (SSSR count). The van der Waals surface area contributed by atoms with E-state index in [0.29, 0.717) is 23.5 Å². The van der Waals surface area contributed by atoms with Crippen LogP contribution in [0.1, 0.15) is 23.2 Å². The van der Waals surface area contributed by atoms with Crippen molar-refractivity contribution in [1.82, 2.24) is 5.32 Å². The number of benzene rings is 1. The summed E-state index contributed by atoms with van der Waals surface area (Å²) in [5, 5.41) is 2.95. The molecule has 0 bridgehead atoms. The van der Waals surface area contributed by atoms with Crippen LogP contribution in [0.4, 0.5) is 5.69 Å². The fourth-order valence-corrected chi connectivity index (χ4v) is 2.53. The van der Waals surface area contributed by atoms with Gasteiger partial charge in [0.2, 0.25) is 0 Å². The lowest BCUT2D eigenvalue weighted by Gasteiger charge is -2.14. The van der Waals surface area contributed by atoms with Gasteiger partial charge < -0.3 is 15.8 Å². The number of hydrogen-bond donors (Lipinski definition) is 2. The molecular formula is C13H18N2O2S.